The van der Waals surface area contributed by atoms with Gasteiger partial charge in [-0.2, -0.15) is 5.10 Å². The Balaban J connectivity index is 1.96. The van der Waals surface area contributed by atoms with Crippen LogP contribution in [0.25, 0.3) is 16.9 Å². The molecule has 27 heavy (non-hydrogen) atoms. The molecule has 0 aliphatic rings. The van der Waals surface area contributed by atoms with Crippen molar-refractivity contribution in [1.82, 2.24) is 20.1 Å². The molecule has 3 N–H and O–H groups in total. The van der Waals surface area contributed by atoms with Crippen LogP contribution in [0.2, 0.25) is 0 Å². The molecule has 0 spiro atoms. The van der Waals surface area contributed by atoms with Crippen molar-refractivity contribution in [3.05, 3.63) is 66.6 Å². The van der Waals surface area contributed by atoms with Crippen LogP contribution in [0.3, 0.4) is 0 Å². The summed E-state index contributed by atoms with van der Waals surface area (Å²) in [7, 11) is 0. The van der Waals surface area contributed by atoms with E-state index in [1.54, 1.807) is 43.2 Å². The molecular formula is C20H21N5O2. The standard InChI is InChI=1S/C20H21N5O2/c1-20(2,19(21)27)13-23-18(26)16-12-25(15-8-4-3-5-9-15)24-17(16)14-7-6-10-22-11-14/h3-12H,13H2,1-2H3,(H2,21,27)(H,23,26). The highest BCUT2D eigenvalue weighted by atomic mass is 16.2. The average Bonchev–Trinajstić information content (AvgIpc) is 3.13. The number of nitrogens with one attached hydrogen (secondary N) is 1. The van der Waals surface area contributed by atoms with Crippen LogP contribution in [0, 0.1) is 5.41 Å². The van der Waals surface area contributed by atoms with Gasteiger partial charge in [-0.25, -0.2) is 4.68 Å². The second-order valence-electron chi connectivity index (χ2n) is 6.84. The summed E-state index contributed by atoms with van der Waals surface area (Å²) in [5.74, 6) is -0.805. The summed E-state index contributed by atoms with van der Waals surface area (Å²) in [5.41, 5.74) is 7.00. The molecule has 0 unspecified atom stereocenters. The van der Waals surface area contributed by atoms with E-state index >= 15 is 0 Å². The average molecular weight is 363 g/mol. The predicted octanol–water partition coefficient (Wildman–Crippen LogP) is 2.18. The van der Waals surface area contributed by atoms with Crippen LogP contribution in [-0.2, 0) is 4.79 Å². The molecule has 7 heteroatoms. The number of hydrogen-bond acceptors (Lipinski definition) is 4. The summed E-state index contributed by atoms with van der Waals surface area (Å²) in [4.78, 5) is 28.4. The first-order chi connectivity index (χ1) is 12.9. The van der Waals surface area contributed by atoms with Crippen LogP contribution in [0.15, 0.2) is 61.1 Å². The van der Waals surface area contributed by atoms with Crippen LogP contribution in [0.1, 0.15) is 24.2 Å². The number of pyridine rings is 1. The summed E-state index contributed by atoms with van der Waals surface area (Å²) in [6.07, 6.45) is 4.98. The minimum absolute atomic E-state index is 0.129. The number of aromatic nitrogens is 3. The lowest BCUT2D eigenvalue weighted by atomic mass is 9.92. The van der Waals surface area contributed by atoms with E-state index in [1.807, 2.05) is 36.4 Å². The Morgan fingerprint density at radius 3 is 2.52 bits per heavy atom. The third-order valence-corrected chi connectivity index (χ3v) is 4.27. The fourth-order valence-electron chi connectivity index (χ4n) is 2.45. The molecule has 2 heterocycles. The van der Waals surface area contributed by atoms with Crippen molar-refractivity contribution in [3.63, 3.8) is 0 Å². The number of hydrogen-bond donors (Lipinski definition) is 2. The lowest BCUT2D eigenvalue weighted by Gasteiger charge is -2.20. The van der Waals surface area contributed by atoms with Gasteiger partial charge in [0.15, 0.2) is 0 Å². The molecule has 0 aliphatic carbocycles. The highest BCUT2D eigenvalue weighted by Crippen LogP contribution is 2.23. The van der Waals surface area contributed by atoms with Crippen molar-refractivity contribution in [3.8, 4) is 16.9 Å². The van der Waals surface area contributed by atoms with E-state index in [0.29, 0.717) is 11.3 Å². The molecule has 0 saturated carbocycles. The Bertz CT molecular complexity index is 949. The Morgan fingerprint density at radius 1 is 1.15 bits per heavy atom. The minimum Gasteiger partial charge on any atom is -0.369 e. The van der Waals surface area contributed by atoms with Crippen molar-refractivity contribution in [2.24, 2.45) is 11.1 Å². The molecule has 1 aromatic carbocycles. The molecule has 0 saturated heterocycles. The molecule has 3 aromatic rings. The molecule has 138 valence electrons. The van der Waals surface area contributed by atoms with E-state index in [0.717, 1.165) is 11.3 Å². The van der Waals surface area contributed by atoms with Crippen LogP contribution >= 0.6 is 0 Å². The Labute approximate surface area is 157 Å². The number of primary amides is 1. The summed E-state index contributed by atoms with van der Waals surface area (Å²) in [5, 5.41) is 7.36. The monoisotopic (exact) mass is 363 g/mol. The quantitative estimate of drug-likeness (QED) is 0.700. The second-order valence-corrected chi connectivity index (χ2v) is 6.84. The van der Waals surface area contributed by atoms with E-state index in [-0.39, 0.29) is 12.5 Å². The number of benzene rings is 1. The predicted molar refractivity (Wildman–Crippen MR) is 102 cm³/mol. The largest absolute Gasteiger partial charge is 0.369 e. The third-order valence-electron chi connectivity index (χ3n) is 4.27. The molecule has 3 rings (SSSR count). The van der Waals surface area contributed by atoms with Gasteiger partial charge in [0.25, 0.3) is 5.91 Å². The zero-order valence-corrected chi connectivity index (χ0v) is 15.2. The van der Waals surface area contributed by atoms with Crippen molar-refractivity contribution >= 4 is 11.8 Å². The van der Waals surface area contributed by atoms with E-state index in [4.69, 9.17) is 5.73 Å². The maximum Gasteiger partial charge on any atom is 0.255 e. The summed E-state index contributed by atoms with van der Waals surface area (Å²) in [6.45, 7) is 3.50. The van der Waals surface area contributed by atoms with Gasteiger partial charge in [0.05, 0.1) is 16.7 Å². The van der Waals surface area contributed by atoms with Gasteiger partial charge in [-0.3, -0.25) is 14.6 Å². The maximum atomic E-state index is 12.8. The molecule has 0 fully saturated rings. The van der Waals surface area contributed by atoms with Crippen LogP contribution in [-0.4, -0.2) is 33.1 Å². The van der Waals surface area contributed by atoms with E-state index in [2.05, 4.69) is 15.4 Å². The molecule has 7 nitrogen and oxygen atoms in total. The molecule has 0 radical (unpaired) electrons. The van der Waals surface area contributed by atoms with E-state index in [9.17, 15) is 9.59 Å². The topological polar surface area (TPSA) is 103 Å². The minimum atomic E-state index is -0.848. The van der Waals surface area contributed by atoms with Crippen molar-refractivity contribution < 1.29 is 9.59 Å². The zero-order chi connectivity index (χ0) is 19.4. The lowest BCUT2D eigenvalue weighted by molar-refractivity contribution is -0.125. The molecule has 2 amide bonds. The van der Waals surface area contributed by atoms with Gasteiger partial charge in [0, 0.05) is 30.7 Å². The first-order valence-corrected chi connectivity index (χ1v) is 8.52. The maximum absolute atomic E-state index is 12.8. The number of para-hydroxylation sites is 1. The van der Waals surface area contributed by atoms with Crippen molar-refractivity contribution in [2.75, 3.05) is 6.54 Å². The lowest BCUT2D eigenvalue weighted by Crippen LogP contribution is -2.42. The van der Waals surface area contributed by atoms with Gasteiger partial charge in [-0.05, 0) is 38.1 Å². The normalized spacial score (nSPS) is 11.2. The van der Waals surface area contributed by atoms with Gasteiger partial charge in [0.2, 0.25) is 5.91 Å². The van der Waals surface area contributed by atoms with Gasteiger partial charge in [-0.1, -0.05) is 18.2 Å². The van der Waals surface area contributed by atoms with Crippen molar-refractivity contribution in [1.29, 1.82) is 0 Å². The molecular weight excluding hydrogens is 342 g/mol. The van der Waals surface area contributed by atoms with Gasteiger partial charge >= 0.3 is 0 Å². The van der Waals surface area contributed by atoms with Gasteiger partial charge in [0.1, 0.15) is 5.69 Å². The van der Waals surface area contributed by atoms with Crippen LogP contribution in [0.4, 0.5) is 0 Å². The molecule has 0 atom stereocenters. The fourth-order valence-corrected chi connectivity index (χ4v) is 2.45. The van der Waals surface area contributed by atoms with Crippen LogP contribution in [0.5, 0.6) is 0 Å². The summed E-state index contributed by atoms with van der Waals surface area (Å²) < 4.78 is 1.65. The Hall–Kier alpha value is -3.48. The zero-order valence-electron chi connectivity index (χ0n) is 15.2. The first-order valence-electron chi connectivity index (χ1n) is 8.52. The summed E-state index contributed by atoms with van der Waals surface area (Å²) in [6, 6.07) is 13.1. The molecule has 0 aliphatic heterocycles. The number of amides is 2. The molecule has 2 aromatic heterocycles. The highest BCUT2D eigenvalue weighted by molar-refractivity contribution is 6.00. The van der Waals surface area contributed by atoms with Crippen LogP contribution < -0.4 is 11.1 Å². The third kappa shape index (κ3) is 4.03. The Morgan fingerprint density at radius 2 is 1.89 bits per heavy atom. The van der Waals surface area contributed by atoms with Gasteiger partial charge < -0.3 is 11.1 Å². The number of rotatable bonds is 6. The summed E-state index contributed by atoms with van der Waals surface area (Å²) >= 11 is 0. The Kier molecular flexibility index (Phi) is 5.03. The number of nitrogens with zero attached hydrogens (tertiary/aromatic N) is 3. The SMILES string of the molecule is CC(C)(CNC(=O)c1cn(-c2ccccc2)nc1-c1cccnc1)C(N)=O. The number of carbonyl (C=O) groups is 2. The van der Waals surface area contributed by atoms with Gasteiger partial charge in [-0.15, -0.1) is 0 Å². The first kappa shape index (κ1) is 18.3. The van der Waals surface area contributed by atoms with E-state index < -0.39 is 11.3 Å². The molecule has 0 bridgehead atoms. The van der Waals surface area contributed by atoms with E-state index in [1.165, 1.54) is 0 Å². The highest BCUT2D eigenvalue weighted by Gasteiger charge is 2.27. The second kappa shape index (κ2) is 7.41. The van der Waals surface area contributed by atoms with Crippen molar-refractivity contribution in [2.45, 2.75) is 13.8 Å². The number of carbonyl (C=O) groups excluding carboxylic acids is 2. The smallest absolute Gasteiger partial charge is 0.255 e. The number of nitrogens with two attached hydrogens (primary N) is 1. The fraction of sp³-hybridized carbons (Fsp3) is 0.200.